The van der Waals surface area contributed by atoms with Crippen molar-refractivity contribution in [1.29, 1.82) is 0 Å². The lowest BCUT2D eigenvalue weighted by Crippen LogP contribution is -2.56. The number of nitrogens with one attached hydrogen (secondary N) is 3. The fourth-order valence-electron chi connectivity index (χ4n) is 4.27. The molecule has 2 aromatic rings. The van der Waals surface area contributed by atoms with Crippen molar-refractivity contribution in [2.45, 2.75) is 43.6 Å². The molecular formula is C23H25ClF4N6O2S. The second-order valence-electron chi connectivity index (χ2n) is 8.82. The molecule has 0 saturated carbocycles. The van der Waals surface area contributed by atoms with Crippen molar-refractivity contribution in [2.75, 3.05) is 30.4 Å². The number of alkyl halides is 3. The molecule has 2 amide bonds. The molecule has 14 heteroatoms. The highest BCUT2D eigenvalue weighted by molar-refractivity contribution is 7.95. The lowest BCUT2D eigenvalue weighted by molar-refractivity contribution is -0.137. The second-order valence-corrected chi connectivity index (χ2v) is 10.2. The van der Waals surface area contributed by atoms with Gasteiger partial charge in [0.1, 0.15) is 17.7 Å². The number of carbonyl (C=O) groups excluding carboxylic acids is 2. The Morgan fingerprint density at radius 3 is 2.59 bits per heavy atom. The van der Waals surface area contributed by atoms with Gasteiger partial charge >= 0.3 is 6.18 Å². The maximum absolute atomic E-state index is 13.4. The van der Waals surface area contributed by atoms with E-state index >= 15 is 0 Å². The van der Waals surface area contributed by atoms with Crippen LogP contribution in [0.15, 0.2) is 36.5 Å². The first-order chi connectivity index (χ1) is 17.5. The lowest BCUT2D eigenvalue weighted by Gasteiger charge is -2.37. The summed E-state index contributed by atoms with van der Waals surface area (Å²) in [5.74, 6) is -1.38. The Morgan fingerprint density at radius 1 is 1.19 bits per heavy atom. The van der Waals surface area contributed by atoms with Crippen LogP contribution < -0.4 is 20.3 Å². The molecule has 0 spiro atoms. The van der Waals surface area contributed by atoms with E-state index in [4.69, 9.17) is 11.6 Å². The van der Waals surface area contributed by atoms with Crippen LogP contribution >= 0.6 is 23.7 Å². The van der Waals surface area contributed by atoms with E-state index in [0.717, 1.165) is 24.3 Å². The fraction of sp³-hybridized carbons (Fsp3) is 0.435. The molecule has 8 nitrogen and oxygen atoms in total. The maximum Gasteiger partial charge on any atom is 0.419 e. The number of pyridine rings is 1. The summed E-state index contributed by atoms with van der Waals surface area (Å²) in [5.41, 5.74) is -0.444. The van der Waals surface area contributed by atoms with Gasteiger partial charge in [0.05, 0.1) is 16.6 Å². The summed E-state index contributed by atoms with van der Waals surface area (Å²) in [6.07, 6.45) is -2.09. The van der Waals surface area contributed by atoms with Gasteiger partial charge in [-0.1, -0.05) is 11.6 Å². The summed E-state index contributed by atoms with van der Waals surface area (Å²) in [4.78, 5) is 31.3. The van der Waals surface area contributed by atoms with Crippen molar-refractivity contribution in [3.63, 3.8) is 0 Å². The van der Waals surface area contributed by atoms with Gasteiger partial charge in [0, 0.05) is 43.1 Å². The minimum Gasteiger partial charge on any atom is -0.356 e. The molecule has 2 aliphatic heterocycles. The number of piperidine rings is 1. The topological polar surface area (TPSA) is 89.6 Å². The normalized spacial score (nSPS) is 21.5. The van der Waals surface area contributed by atoms with Crippen LogP contribution in [-0.2, 0) is 15.8 Å². The third-order valence-electron chi connectivity index (χ3n) is 6.28. The van der Waals surface area contributed by atoms with Gasteiger partial charge in [-0.25, -0.2) is 18.4 Å². The zero-order valence-corrected chi connectivity index (χ0v) is 21.3. The van der Waals surface area contributed by atoms with E-state index in [0.29, 0.717) is 31.6 Å². The van der Waals surface area contributed by atoms with Gasteiger partial charge in [0.15, 0.2) is 0 Å². The summed E-state index contributed by atoms with van der Waals surface area (Å²) < 4.78 is 58.1. The highest BCUT2D eigenvalue weighted by atomic mass is 35.5. The molecule has 2 saturated heterocycles. The molecule has 2 fully saturated rings. The molecule has 2 unspecified atom stereocenters. The average molecular weight is 561 g/mol. The maximum atomic E-state index is 13.4. The van der Waals surface area contributed by atoms with Crippen LogP contribution in [0.3, 0.4) is 0 Å². The smallest absolute Gasteiger partial charge is 0.356 e. The lowest BCUT2D eigenvalue weighted by atomic mass is 10.0. The third-order valence-corrected chi connectivity index (χ3v) is 7.50. The van der Waals surface area contributed by atoms with Crippen LogP contribution in [-0.4, -0.2) is 59.4 Å². The van der Waals surface area contributed by atoms with Gasteiger partial charge < -0.3 is 15.5 Å². The summed E-state index contributed by atoms with van der Waals surface area (Å²) in [6.45, 7) is 0.623. The van der Waals surface area contributed by atoms with Gasteiger partial charge in [-0.15, -0.1) is 0 Å². The molecule has 2 aliphatic rings. The number of likely N-dealkylation sites (N-methyl/N-ethyl adjacent to an activating group) is 1. The molecule has 0 bridgehead atoms. The highest BCUT2D eigenvalue weighted by Crippen LogP contribution is 2.36. The van der Waals surface area contributed by atoms with Gasteiger partial charge in [0.25, 0.3) is 0 Å². The first-order valence-corrected chi connectivity index (χ1v) is 12.7. The monoisotopic (exact) mass is 560 g/mol. The molecule has 1 aromatic carbocycles. The second kappa shape index (κ2) is 11.4. The van der Waals surface area contributed by atoms with Crippen molar-refractivity contribution in [2.24, 2.45) is 0 Å². The zero-order chi connectivity index (χ0) is 26.7. The van der Waals surface area contributed by atoms with Crippen molar-refractivity contribution in [3.05, 3.63) is 52.9 Å². The number of aromatic nitrogens is 1. The Kier molecular flexibility index (Phi) is 8.46. The number of benzene rings is 1. The number of hydrogen-bond donors (Lipinski definition) is 3. The quantitative estimate of drug-likeness (QED) is 0.378. The molecule has 0 aliphatic carbocycles. The van der Waals surface area contributed by atoms with Crippen LogP contribution in [0.1, 0.15) is 24.8 Å². The number of nitrogens with zero attached hydrogens (tertiary/aromatic N) is 3. The number of amides is 2. The Balaban J connectivity index is 1.31. The molecule has 200 valence electrons. The average Bonchev–Trinajstić information content (AvgIpc) is 2.86. The minimum atomic E-state index is -4.50. The van der Waals surface area contributed by atoms with E-state index in [1.54, 1.807) is 16.3 Å². The van der Waals surface area contributed by atoms with Crippen LogP contribution in [0.4, 0.5) is 29.1 Å². The number of halogens is 5. The Morgan fingerprint density at radius 2 is 1.92 bits per heavy atom. The van der Waals surface area contributed by atoms with Gasteiger partial charge in [-0.05, 0) is 56.6 Å². The Labute approximate surface area is 220 Å². The van der Waals surface area contributed by atoms with E-state index in [-0.39, 0.29) is 35.1 Å². The van der Waals surface area contributed by atoms with E-state index in [2.05, 4.69) is 20.3 Å². The number of anilines is 2. The van der Waals surface area contributed by atoms with E-state index in [1.165, 1.54) is 24.4 Å². The van der Waals surface area contributed by atoms with Crippen LogP contribution in [0.25, 0.3) is 0 Å². The molecule has 4 rings (SSSR count). The third kappa shape index (κ3) is 6.64. The molecular weight excluding hydrogens is 536 g/mol. The standard InChI is InChI=1S/C23H25ClF4N6O2S/c1-33-19(22(36)31-14-4-5-17(25)16(24)11-14)12-18(32-37-33)21(35)30-13-6-9-34(10-7-13)20-15(23(26,27)28)3-2-8-29-20/h2-5,8,11,13,18-19,32H,6-7,9-10,12H2,1H3,(H,30,35)(H,31,36). The van der Waals surface area contributed by atoms with Gasteiger partial charge in [0.2, 0.25) is 11.8 Å². The van der Waals surface area contributed by atoms with Crippen molar-refractivity contribution in [1.82, 2.24) is 19.3 Å². The van der Waals surface area contributed by atoms with Crippen molar-refractivity contribution < 1.29 is 27.2 Å². The van der Waals surface area contributed by atoms with Crippen LogP contribution in [0.2, 0.25) is 5.02 Å². The first-order valence-electron chi connectivity index (χ1n) is 11.5. The number of carbonyl (C=O) groups is 2. The molecule has 37 heavy (non-hydrogen) atoms. The Bertz CT molecular complexity index is 1150. The summed E-state index contributed by atoms with van der Waals surface area (Å²) in [7, 11) is 1.70. The molecule has 0 radical (unpaired) electrons. The van der Waals surface area contributed by atoms with E-state index in [9.17, 15) is 27.2 Å². The minimum absolute atomic E-state index is 0.107. The van der Waals surface area contributed by atoms with Gasteiger partial charge in [-0.3, -0.25) is 9.59 Å². The van der Waals surface area contributed by atoms with Crippen LogP contribution in [0, 0.1) is 5.82 Å². The number of hydrogen-bond acceptors (Lipinski definition) is 7. The summed E-state index contributed by atoms with van der Waals surface area (Å²) >= 11 is 6.90. The SMILES string of the molecule is CN1SNC(C(=O)NC2CCN(c3ncccc3C(F)(F)F)CC2)CC1C(=O)Nc1ccc(F)c(Cl)c1. The molecule has 2 atom stereocenters. The Hall–Kier alpha value is -2.61. The van der Waals surface area contributed by atoms with E-state index in [1.807, 2.05) is 0 Å². The zero-order valence-electron chi connectivity index (χ0n) is 19.7. The number of rotatable bonds is 5. The molecule has 3 N–H and O–H groups in total. The molecule has 3 heterocycles. The fourth-order valence-corrected chi connectivity index (χ4v) is 5.26. The van der Waals surface area contributed by atoms with Gasteiger partial charge in [-0.2, -0.15) is 13.2 Å². The van der Waals surface area contributed by atoms with Crippen molar-refractivity contribution >= 4 is 47.1 Å². The van der Waals surface area contributed by atoms with E-state index < -0.39 is 29.6 Å². The summed E-state index contributed by atoms with van der Waals surface area (Å²) in [5, 5.41) is 5.52. The van der Waals surface area contributed by atoms with Crippen LogP contribution in [0.5, 0.6) is 0 Å². The first kappa shape index (κ1) is 27.4. The predicted molar refractivity (Wildman–Crippen MR) is 133 cm³/mol. The van der Waals surface area contributed by atoms with Crippen molar-refractivity contribution in [3.8, 4) is 0 Å². The highest BCUT2D eigenvalue weighted by Gasteiger charge is 2.38. The molecule has 1 aromatic heterocycles. The predicted octanol–water partition coefficient (Wildman–Crippen LogP) is 3.84. The summed E-state index contributed by atoms with van der Waals surface area (Å²) in [6, 6.07) is 4.58. The largest absolute Gasteiger partial charge is 0.419 e.